The Labute approximate surface area is 103 Å². The maximum absolute atomic E-state index is 11.9. The molecular formula is C12H14F3NO2. The minimum atomic E-state index is -4.42. The predicted octanol–water partition coefficient (Wildman–Crippen LogP) is 2.27. The van der Waals surface area contributed by atoms with Gasteiger partial charge >= 0.3 is 6.18 Å². The van der Waals surface area contributed by atoms with Gasteiger partial charge in [0.1, 0.15) is 12.7 Å². The molecule has 1 aromatic rings. The van der Waals surface area contributed by atoms with Crippen molar-refractivity contribution in [2.24, 2.45) is 0 Å². The number of carbonyl (C=O) groups is 1. The summed E-state index contributed by atoms with van der Waals surface area (Å²) in [6, 6.07) is 9.07. The molecule has 1 unspecified atom stereocenters. The van der Waals surface area contributed by atoms with Crippen LogP contribution in [-0.4, -0.2) is 24.8 Å². The molecule has 0 aliphatic rings. The standard InChI is InChI=1S/C12H14F3NO2/c1-9(18-8-12(13,14)15)11(17)16-7-10-5-3-2-4-6-10/h2-6,9H,7-8H2,1H3,(H,16,17). The fraction of sp³-hybridized carbons (Fsp3) is 0.417. The second-order valence-electron chi connectivity index (χ2n) is 3.77. The lowest BCUT2D eigenvalue weighted by Crippen LogP contribution is -2.36. The molecule has 100 valence electrons. The van der Waals surface area contributed by atoms with Crippen molar-refractivity contribution in [2.45, 2.75) is 25.7 Å². The van der Waals surface area contributed by atoms with Crippen LogP contribution in [0.3, 0.4) is 0 Å². The molecule has 0 saturated carbocycles. The predicted molar refractivity (Wildman–Crippen MR) is 59.8 cm³/mol. The van der Waals surface area contributed by atoms with Crippen LogP contribution in [0, 0.1) is 0 Å². The van der Waals surface area contributed by atoms with Crippen molar-refractivity contribution in [3.05, 3.63) is 35.9 Å². The van der Waals surface area contributed by atoms with Gasteiger partial charge in [-0.05, 0) is 12.5 Å². The van der Waals surface area contributed by atoms with Gasteiger partial charge in [-0.25, -0.2) is 0 Å². The summed E-state index contributed by atoms with van der Waals surface area (Å²) in [4.78, 5) is 11.4. The Hall–Kier alpha value is -1.56. The van der Waals surface area contributed by atoms with E-state index in [1.165, 1.54) is 6.92 Å². The van der Waals surface area contributed by atoms with Crippen LogP contribution in [0.5, 0.6) is 0 Å². The molecule has 0 aliphatic heterocycles. The third-order valence-corrected chi connectivity index (χ3v) is 2.18. The molecule has 1 aromatic carbocycles. The highest BCUT2D eigenvalue weighted by Gasteiger charge is 2.29. The van der Waals surface area contributed by atoms with Gasteiger partial charge in [-0.15, -0.1) is 0 Å². The monoisotopic (exact) mass is 261 g/mol. The van der Waals surface area contributed by atoms with Crippen LogP contribution in [0.1, 0.15) is 12.5 Å². The fourth-order valence-electron chi connectivity index (χ4n) is 1.22. The summed E-state index contributed by atoms with van der Waals surface area (Å²) in [5.41, 5.74) is 0.869. The molecule has 1 atom stereocenters. The van der Waals surface area contributed by atoms with Crippen molar-refractivity contribution < 1.29 is 22.7 Å². The van der Waals surface area contributed by atoms with Gasteiger partial charge in [0, 0.05) is 6.54 Å². The largest absolute Gasteiger partial charge is 0.411 e. The van der Waals surface area contributed by atoms with Crippen LogP contribution in [-0.2, 0) is 16.1 Å². The van der Waals surface area contributed by atoms with E-state index < -0.39 is 24.8 Å². The van der Waals surface area contributed by atoms with Gasteiger partial charge in [0.05, 0.1) is 0 Å². The van der Waals surface area contributed by atoms with Crippen LogP contribution in [0.15, 0.2) is 30.3 Å². The molecule has 6 heteroatoms. The summed E-state index contributed by atoms with van der Waals surface area (Å²) >= 11 is 0. The Balaban J connectivity index is 2.32. The van der Waals surface area contributed by atoms with Crippen molar-refractivity contribution in [3.63, 3.8) is 0 Å². The van der Waals surface area contributed by atoms with Crippen LogP contribution < -0.4 is 5.32 Å². The van der Waals surface area contributed by atoms with Crippen molar-refractivity contribution in [3.8, 4) is 0 Å². The Morgan fingerprint density at radius 3 is 2.50 bits per heavy atom. The first-order chi connectivity index (χ1) is 8.38. The molecule has 0 spiro atoms. The third-order valence-electron chi connectivity index (χ3n) is 2.18. The lowest BCUT2D eigenvalue weighted by atomic mass is 10.2. The number of amides is 1. The maximum atomic E-state index is 11.9. The van der Waals surface area contributed by atoms with Gasteiger partial charge in [0.15, 0.2) is 0 Å². The summed E-state index contributed by atoms with van der Waals surface area (Å²) in [7, 11) is 0. The minimum Gasteiger partial charge on any atom is -0.359 e. The van der Waals surface area contributed by atoms with E-state index in [1.807, 2.05) is 30.3 Å². The normalized spacial score (nSPS) is 13.1. The minimum absolute atomic E-state index is 0.263. The topological polar surface area (TPSA) is 38.3 Å². The van der Waals surface area contributed by atoms with Crippen LogP contribution >= 0.6 is 0 Å². The zero-order chi connectivity index (χ0) is 13.6. The van der Waals surface area contributed by atoms with Gasteiger partial charge in [-0.1, -0.05) is 30.3 Å². The van der Waals surface area contributed by atoms with Gasteiger partial charge < -0.3 is 10.1 Å². The number of halogens is 3. The van der Waals surface area contributed by atoms with E-state index in [1.54, 1.807) is 0 Å². The molecule has 0 heterocycles. The Kier molecular flexibility index (Phi) is 5.15. The first-order valence-electron chi connectivity index (χ1n) is 5.38. The zero-order valence-corrected chi connectivity index (χ0v) is 9.83. The Morgan fingerprint density at radius 1 is 1.33 bits per heavy atom. The van der Waals surface area contributed by atoms with E-state index in [2.05, 4.69) is 10.1 Å². The lowest BCUT2D eigenvalue weighted by molar-refractivity contribution is -0.185. The Morgan fingerprint density at radius 2 is 1.94 bits per heavy atom. The number of hydrogen-bond acceptors (Lipinski definition) is 2. The molecule has 3 nitrogen and oxygen atoms in total. The van der Waals surface area contributed by atoms with E-state index >= 15 is 0 Å². The first kappa shape index (κ1) is 14.5. The van der Waals surface area contributed by atoms with E-state index in [0.29, 0.717) is 0 Å². The molecule has 18 heavy (non-hydrogen) atoms. The summed E-state index contributed by atoms with van der Waals surface area (Å²) in [5.74, 6) is -0.567. The molecule has 1 rings (SSSR count). The van der Waals surface area contributed by atoms with E-state index in [9.17, 15) is 18.0 Å². The highest BCUT2D eigenvalue weighted by molar-refractivity contribution is 5.80. The third kappa shape index (κ3) is 5.67. The van der Waals surface area contributed by atoms with E-state index in [0.717, 1.165) is 5.56 Å². The highest BCUT2D eigenvalue weighted by atomic mass is 19.4. The van der Waals surface area contributed by atoms with Crippen LogP contribution in [0.25, 0.3) is 0 Å². The quantitative estimate of drug-likeness (QED) is 0.883. The van der Waals surface area contributed by atoms with Gasteiger partial charge in [-0.2, -0.15) is 13.2 Å². The summed E-state index contributed by atoms with van der Waals surface area (Å²) in [6.45, 7) is 0.123. The number of rotatable bonds is 5. The smallest absolute Gasteiger partial charge is 0.359 e. The number of alkyl halides is 3. The van der Waals surface area contributed by atoms with E-state index in [-0.39, 0.29) is 6.54 Å². The van der Waals surface area contributed by atoms with Crippen molar-refractivity contribution in [2.75, 3.05) is 6.61 Å². The maximum Gasteiger partial charge on any atom is 0.411 e. The van der Waals surface area contributed by atoms with Crippen molar-refractivity contribution in [1.29, 1.82) is 0 Å². The average Bonchev–Trinajstić information content (AvgIpc) is 2.33. The molecule has 0 saturated heterocycles. The second-order valence-corrected chi connectivity index (χ2v) is 3.77. The van der Waals surface area contributed by atoms with Crippen molar-refractivity contribution >= 4 is 5.91 Å². The molecule has 0 aromatic heterocycles. The molecule has 0 bridgehead atoms. The number of nitrogens with one attached hydrogen (secondary N) is 1. The molecule has 0 radical (unpaired) electrons. The summed E-state index contributed by atoms with van der Waals surface area (Å²) in [6.07, 6.45) is -5.55. The number of hydrogen-bond donors (Lipinski definition) is 1. The van der Waals surface area contributed by atoms with Crippen LogP contribution in [0.4, 0.5) is 13.2 Å². The second kappa shape index (κ2) is 6.39. The highest BCUT2D eigenvalue weighted by Crippen LogP contribution is 2.15. The van der Waals surface area contributed by atoms with Gasteiger partial charge in [0.25, 0.3) is 0 Å². The van der Waals surface area contributed by atoms with Gasteiger partial charge in [-0.3, -0.25) is 4.79 Å². The SMILES string of the molecule is CC(OCC(F)(F)F)C(=O)NCc1ccccc1. The summed E-state index contributed by atoms with van der Waals surface area (Å²) < 4.78 is 40.0. The number of ether oxygens (including phenoxy) is 1. The molecule has 1 amide bonds. The number of benzene rings is 1. The fourth-order valence-corrected chi connectivity index (χ4v) is 1.22. The van der Waals surface area contributed by atoms with Crippen LogP contribution in [0.2, 0.25) is 0 Å². The first-order valence-corrected chi connectivity index (χ1v) is 5.38. The van der Waals surface area contributed by atoms with Gasteiger partial charge in [0.2, 0.25) is 5.91 Å². The molecule has 0 aliphatic carbocycles. The number of carbonyl (C=O) groups excluding carboxylic acids is 1. The lowest BCUT2D eigenvalue weighted by Gasteiger charge is -2.14. The molecule has 1 N–H and O–H groups in total. The average molecular weight is 261 g/mol. The Bertz CT molecular complexity index is 379. The molecule has 0 fully saturated rings. The summed E-state index contributed by atoms with van der Waals surface area (Å²) in [5, 5.41) is 2.50. The van der Waals surface area contributed by atoms with E-state index in [4.69, 9.17) is 0 Å². The zero-order valence-electron chi connectivity index (χ0n) is 9.83. The van der Waals surface area contributed by atoms with Crippen molar-refractivity contribution in [1.82, 2.24) is 5.32 Å². The molecular weight excluding hydrogens is 247 g/mol.